The summed E-state index contributed by atoms with van der Waals surface area (Å²) in [5.41, 5.74) is 6.06. The second-order valence-electron chi connectivity index (χ2n) is 8.92. The molecule has 0 aromatic heterocycles. The molecule has 0 heterocycles. The third kappa shape index (κ3) is 4.65. The Morgan fingerprint density at radius 2 is 0.895 bits per heavy atom. The van der Waals surface area contributed by atoms with E-state index in [-0.39, 0.29) is 11.1 Å². The molecule has 0 spiro atoms. The van der Waals surface area contributed by atoms with E-state index >= 15 is 0 Å². The second-order valence-corrected chi connectivity index (χ2v) is 8.92. The van der Waals surface area contributed by atoms with Crippen molar-refractivity contribution in [3.8, 4) is 22.3 Å². The Hall–Kier alpha value is -5.16. The lowest BCUT2D eigenvalue weighted by molar-refractivity contribution is 0.0687. The van der Waals surface area contributed by atoms with Crippen LogP contribution in [0.15, 0.2) is 121 Å². The molecule has 0 fully saturated rings. The quantitative estimate of drug-likeness (QED) is 0.236. The number of aromatic carboxylic acids is 2. The van der Waals surface area contributed by atoms with Crippen LogP contribution in [-0.2, 0) is 0 Å². The van der Waals surface area contributed by atoms with Gasteiger partial charge in [0, 0.05) is 22.5 Å². The molecule has 0 aliphatic rings. The molecule has 0 saturated carbocycles. The zero-order valence-electron chi connectivity index (χ0n) is 20.7. The lowest BCUT2D eigenvalue weighted by Gasteiger charge is -2.31. The SMILES string of the molecule is Cc1cc(-c2ccccc2C(=O)O)c(N(c2ccccc2)c2ccccc2)c(-c2ccccc2C(=O)O)c1. The summed E-state index contributed by atoms with van der Waals surface area (Å²) in [6.07, 6.45) is 0. The molecule has 0 saturated heterocycles. The van der Waals surface area contributed by atoms with Crippen molar-refractivity contribution >= 4 is 29.0 Å². The Bertz CT molecular complexity index is 1510. The molecule has 0 aliphatic carbocycles. The van der Waals surface area contributed by atoms with Crippen molar-refractivity contribution in [2.24, 2.45) is 0 Å². The molecule has 5 aromatic rings. The summed E-state index contributed by atoms with van der Waals surface area (Å²) in [6, 6.07) is 37.3. The van der Waals surface area contributed by atoms with Crippen LogP contribution in [0, 0.1) is 6.92 Å². The predicted octanol–water partition coefficient (Wildman–Crippen LogP) is 8.20. The fourth-order valence-electron chi connectivity index (χ4n) is 4.80. The molecule has 186 valence electrons. The minimum Gasteiger partial charge on any atom is -0.478 e. The number of aryl methyl sites for hydroxylation is 1. The van der Waals surface area contributed by atoms with Gasteiger partial charge in [-0.2, -0.15) is 0 Å². The van der Waals surface area contributed by atoms with Gasteiger partial charge in [0.15, 0.2) is 0 Å². The average Bonchev–Trinajstić information content (AvgIpc) is 2.95. The second kappa shape index (κ2) is 10.4. The van der Waals surface area contributed by atoms with Crippen LogP contribution in [0.3, 0.4) is 0 Å². The van der Waals surface area contributed by atoms with Gasteiger partial charge in [-0.25, -0.2) is 9.59 Å². The van der Waals surface area contributed by atoms with Crippen LogP contribution in [0.5, 0.6) is 0 Å². The number of carbonyl (C=O) groups is 2. The van der Waals surface area contributed by atoms with Crippen molar-refractivity contribution in [3.63, 3.8) is 0 Å². The number of carboxylic acids is 2. The van der Waals surface area contributed by atoms with Crippen molar-refractivity contribution in [3.05, 3.63) is 138 Å². The normalized spacial score (nSPS) is 10.7. The highest BCUT2D eigenvalue weighted by Crippen LogP contribution is 2.48. The molecular formula is C33H25NO4. The monoisotopic (exact) mass is 499 g/mol. The summed E-state index contributed by atoms with van der Waals surface area (Å²) in [4.78, 5) is 26.7. The van der Waals surface area contributed by atoms with E-state index in [4.69, 9.17) is 0 Å². The number of carboxylic acid groups (broad SMARTS) is 2. The smallest absolute Gasteiger partial charge is 0.336 e. The summed E-state index contributed by atoms with van der Waals surface area (Å²) in [5, 5.41) is 20.1. The number of anilines is 3. The molecule has 5 rings (SSSR count). The lowest BCUT2D eigenvalue weighted by Crippen LogP contribution is -2.14. The minimum atomic E-state index is -1.04. The summed E-state index contributed by atoms with van der Waals surface area (Å²) in [7, 11) is 0. The molecule has 0 atom stereocenters. The first-order chi connectivity index (χ1) is 18.5. The maximum Gasteiger partial charge on any atom is 0.336 e. The Labute approximate surface area is 220 Å². The Morgan fingerprint density at radius 1 is 0.526 bits per heavy atom. The van der Waals surface area contributed by atoms with E-state index in [1.165, 1.54) is 0 Å². The minimum absolute atomic E-state index is 0.165. The first kappa shape index (κ1) is 24.5. The van der Waals surface area contributed by atoms with Gasteiger partial charge in [-0.05, 0) is 72.1 Å². The number of nitrogens with zero attached hydrogens (tertiary/aromatic N) is 1. The molecule has 5 heteroatoms. The molecule has 0 amide bonds. The van der Waals surface area contributed by atoms with Crippen LogP contribution in [-0.4, -0.2) is 22.2 Å². The lowest BCUT2D eigenvalue weighted by atomic mass is 9.88. The number of para-hydroxylation sites is 2. The number of hydrogen-bond donors (Lipinski definition) is 2. The Morgan fingerprint density at radius 3 is 1.29 bits per heavy atom. The fraction of sp³-hybridized carbons (Fsp3) is 0.0303. The van der Waals surface area contributed by atoms with Crippen molar-refractivity contribution in [1.82, 2.24) is 0 Å². The molecular weight excluding hydrogens is 474 g/mol. The van der Waals surface area contributed by atoms with E-state index in [1.54, 1.807) is 36.4 Å². The third-order valence-corrected chi connectivity index (χ3v) is 6.40. The van der Waals surface area contributed by atoms with Crippen LogP contribution in [0.4, 0.5) is 17.1 Å². The van der Waals surface area contributed by atoms with E-state index in [0.29, 0.717) is 27.9 Å². The Kier molecular flexibility index (Phi) is 6.74. The number of rotatable bonds is 7. The third-order valence-electron chi connectivity index (χ3n) is 6.40. The zero-order chi connectivity index (χ0) is 26.6. The molecule has 0 bridgehead atoms. The van der Waals surface area contributed by atoms with Gasteiger partial charge in [-0.1, -0.05) is 72.8 Å². The fourth-order valence-corrected chi connectivity index (χ4v) is 4.80. The molecule has 0 aliphatic heterocycles. The van der Waals surface area contributed by atoms with Gasteiger partial charge in [0.05, 0.1) is 16.8 Å². The summed E-state index contributed by atoms with van der Waals surface area (Å²) in [6.45, 7) is 1.93. The number of hydrogen-bond acceptors (Lipinski definition) is 3. The first-order valence-corrected chi connectivity index (χ1v) is 12.2. The molecule has 2 N–H and O–H groups in total. The predicted molar refractivity (Wildman–Crippen MR) is 151 cm³/mol. The maximum absolute atomic E-state index is 12.3. The van der Waals surface area contributed by atoms with Gasteiger partial charge < -0.3 is 15.1 Å². The van der Waals surface area contributed by atoms with E-state index in [0.717, 1.165) is 16.9 Å². The van der Waals surface area contributed by atoms with Gasteiger partial charge in [-0.15, -0.1) is 0 Å². The van der Waals surface area contributed by atoms with Gasteiger partial charge in [0.25, 0.3) is 0 Å². The molecule has 5 aromatic carbocycles. The van der Waals surface area contributed by atoms with Crippen LogP contribution in [0.1, 0.15) is 26.3 Å². The highest BCUT2D eigenvalue weighted by Gasteiger charge is 2.26. The van der Waals surface area contributed by atoms with Crippen molar-refractivity contribution in [2.45, 2.75) is 6.92 Å². The molecule has 38 heavy (non-hydrogen) atoms. The van der Waals surface area contributed by atoms with Crippen LogP contribution >= 0.6 is 0 Å². The highest BCUT2D eigenvalue weighted by atomic mass is 16.4. The van der Waals surface area contributed by atoms with Gasteiger partial charge >= 0.3 is 11.9 Å². The summed E-state index contributed by atoms with van der Waals surface area (Å²) < 4.78 is 0. The number of benzene rings is 5. The molecule has 0 unspecified atom stereocenters. The highest BCUT2D eigenvalue weighted by molar-refractivity contribution is 6.06. The zero-order valence-corrected chi connectivity index (χ0v) is 20.7. The van der Waals surface area contributed by atoms with E-state index in [2.05, 4.69) is 4.90 Å². The van der Waals surface area contributed by atoms with Crippen LogP contribution in [0.2, 0.25) is 0 Å². The largest absolute Gasteiger partial charge is 0.478 e. The van der Waals surface area contributed by atoms with Crippen molar-refractivity contribution < 1.29 is 19.8 Å². The van der Waals surface area contributed by atoms with E-state index in [9.17, 15) is 19.8 Å². The van der Waals surface area contributed by atoms with Crippen LogP contribution in [0.25, 0.3) is 22.3 Å². The molecule has 5 nitrogen and oxygen atoms in total. The van der Waals surface area contributed by atoms with Crippen molar-refractivity contribution in [1.29, 1.82) is 0 Å². The van der Waals surface area contributed by atoms with Crippen molar-refractivity contribution in [2.75, 3.05) is 4.90 Å². The van der Waals surface area contributed by atoms with Crippen LogP contribution < -0.4 is 4.90 Å². The average molecular weight is 500 g/mol. The standard InChI is InChI=1S/C33H25NO4/c1-22-20-29(25-16-8-10-18-27(25)32(35)36)31(30(21-22)26-17-9-11-19-28(26)33(37)38)34(23-12-4-2-5-13-23)24-14-6-3-7-15-24/h2-21H,1H3,(H,35,36)(H,37,38). The van der Waals surface area contributed by atoms with E-state index < -0.39 is 11.9 Å². The van der Waals surface area contributed by atoms with Gasteiger partial charge in [0.1, 0.15) is 0 Å². The topological polar surface area (TPSA) is 77.8 Å². The van der Waals surface area contributed by atoms with Gasteiger partial charge in [-0.3, -0.25) is 0 Å². The summed E-state index contributed by atoms with van der Waals surface area (Å²) >= 11 is 0. The van der Waals surface area contributed by atoms with Gasteiger partial charge in [0.2, 0.25) is 0 Å². The van der Waals surface area contributed by atoms with E-state index in [1.807, 2.05) is 91.9 Å². The summed E-state index contributed by atoms with van der Waals surface area (Å²) in [5.74, 6) is -2.07. The molecule has 0 radical (unpaired) electrons. The first-order valence-electron chi connectivity index (χ1n) is 12.2. The Balaban J connectivity index is 1.96. The maximum atomic E-state index is 12.3.